The molecule has 1 aromatic carbocycles. The van der Waals surface area contributed by atoms with Crippen molar-refractivity contribution < 1.29 is 9.13 Å². The average molecular weight is 261 g/mol. The van der Waals surface area contributed by atoms with Gasteiger partial charge in [0.05, 0.1) is 18.9 Å². The molecule has 0 amide bonds. The van der Waals surface area contributed by atoms with Gasteiger partial charge in [0, 0.05) is 31.8 Å². The third kappa shape index (κ3) is 2.46. The Balaban J connectivity index is 1.90. The molecule has 0 radical (unpaired) electrons. The molecule has 1 aliphatic heterocycles. The van der Waals surface area contributed by atoms with E-state index < -0.39 is 0 Å². The summed E-state index contributed by atoms with van der Waals surface area (Å²) in [6, 6.07) is 8.46. The van der Waals surface area contributed by atoms with Crippen molar-refractivity contribution in [1.82, 2.24) is 9.78 Å². The number of aromatic nitrogens is 2. The van der Waals surface area contributed by atoms with Gasteiger partial charge in [0.15, 0.2) is 0 Å². The summed E-state index contributed by atoms with van der Waals surface area (Å²) in [5.41, 5.74) is 1.79. The van der Waals surface area contributed by atoms with E-state index in [0.29, 0.717) is 0 Å². The highest BCUT2D eigenvalue weighted by Crippen LogP contribution is 2.24. The number of morpholine rings is 1. The zero-order valence-electron chi connectivity index (χ0n) is 10.8. The molecule has 100 valence electrons. The minimum absolute atomic E-state index is 0.229. The van der Waals surface area contributed by atoms with E-state index >= 15 is 0 Å². The van der Waals surface area contributed by atoms with Crippen LogP contribution in [-0.2, 0) is 11.8 Å². The van der Waals surface area contributed by atoms with E-state index in [4.69, 9.17) is 4.74 Å². The van der Waals surface area contributed by atoms with Crippen LogP contribution in [0.2, 0.25) is 0 Å². The van der Waals surface area contributed by atoms with Crippen molar-refractivity contribution in [2.75, 3.05) is 31.2 Å². The molecule has 5 heteroatoms. The molecule has 0 unspecified atom stereocenters. The smallest absolute Gasteiger partial charge is 0.127 e. The maximum atomic E-state index is 12.9. The fourth-order valence-electron chi connectivity index (χ4n) is 2.31. The summed E-state index contributed by atoms with van der Waals surface area (Å²) >= 11 is 0. The van der Waals surface area contributed by atoms with E-state index in [1.807, 2.05) is 17.8 Å². The Kier molecular flexibility index (Phi) is 3.21. The standard InChI is InChI=1S/C14H16FN3O/c1-17-14(18-6-8-19-9-7-18)10-13(16-17)11-2-4-12(15)5-3-11/h2-5,10H,6-9H2,1H3. The largest absolute Gasteiger partial charge is 0.378 e. The molecule has 19 heavy (non-hydrogen) atoms. The van der Waals surface area contributed by atoms with Gasteiger partial charge in [0.1, 0.15) is 11.6 Å². The lowest BCUT2D eigenvalue weighted by Gasteiger charge is -2.28. The summed E-state index contributed by atoms with van der Waals surface area (Å²) in [6.07, 6.45) is 0. The number of ether oxygens (including phenoxy) is 1. The van der Waals surface area contributed by atoms with Gasteiger partial charge in [-0.05, 0) is 24.3 Å². The zero-order chi connectivity index (χ0) is 13.2. The molecule has 0 atom stereocenters. The molecule has 0 spiro atoms. The monoisotopic (exact) mass is 261 g/mol. The van der Waals surface area contributed by atoms with Crippen LogP contribution >= 0.6 is 0 Å². The molecule has 2 heterocycles. The molecule has 1 fully saturated rings. The number of nitrogens with zero attached hydrogens (tertiary/aromatic N) is 3. The van der Waals surface area contributed by atoms with Gasteiger partial charge in [-0.15, -0.1) is 0 Å². The highest BCUT2D eigenvalue weighted by Gasteiger charge is 2.16. The van der Waals surface area contributed by atoms with E-state index in [1.54, 1.807) is 12.1 Å². The average Bonchev–Trinajstić information content (AvgIpc) is 2.83. The van der Waals surface area contributed by atoms with Gasteiger partial charge in [-0.3, -0.25) is 4.68 Å². The molecule has 2 aromatic rings. The number of benzene rings is 1. The van der Waals surface area contributed by atoms with Gasteiger partial charge in [0.2, 0.25) is 0 Å². The molecule has 4 nitrogen and oxygen atoms in total. The second-order valence-corrected chi connectivity index (χ2v) is 4.62. The summed E-state index contributed by atoms with van der Waals surface area (Å²) < 4.78 is 20.1. The van der Waals surface area contributed by atoms with Gasteiger partial charge in [0.25, 0.3) is 0 Å². The zero-order valence-corrected chi connectivity index (χ0v) is 10.8. The molecular formula is C14H16FN3O. The van der Waals surface area contributed by atoms with Crippen LogP contribution in [0, 0.1) is 5.82 Å². The summed E-state index contributed by atoms with van der Waals surface area (Å²) in [5, 5.41) is 4.50. The van der Waals surface area contributed by atoms with E-state index in [2.05, 4.69) is 10.00 Å². The molecular weight excluding hydrogens is 245 g/mol. The Morgan fingerprint density at radius 3 is 2.53 bits per heavy atom. The molecule has 0 N–H and O–H groups in total. The predicted octanol–water partition coefficient (Wildman–Crippen LogP) is 2.06. The van der Waals surface area contributed by atoms with E-state index in [0.717, 1.165) is 43.4 Å². The SMILES string of the molecule is Cn1nc(-c2ccc(F)cc2)cc1N1CCOCC1. The van der Waals surface area contributed by atoms with Crippen molar-refractivity contribution in [3.63, 3.8) is 0 Å². The fourth-order valence-corrected chi connectivity index (χ4v) is 2.31. The highest BCUT2D eigenvalue weighted by molar-refractivity contribution is 5.63. The quantitative estimate of drug-likeness (QED) is 0.829. The summed E-state index contributed by atoms with van der Waals surface area (Å²) in [4.78, 5) is 2.25. The molecule has 0 bridgehead atoms. The lowest BCUT2D eigenvalue weighted by Crippen LogP contribution is -2.37. The number of halogens is 1. The van der Waals surface area contributed by atoms with Gasteiger partial charge in [-0.2, -0.15) is 5.10 Å². The van der Waals surface area contributed by atoms with Crippen LogP contribution in [0.3, 0.4) is 0 Å². The van der Waals surface area contributed by atoms with Crippen molar-refractivity contribution >= 4 is 5.82 Å². The number of anilines is 1. The third-order valence-corrected chi connectivity index (χ3v) is 3.33. The highest BCUT2D eigenvalue weighted by atomic mass is 19.1. The summed E-state index contributed by atoms with van der Waals surface area (Å²) in [6.45, 7) is 3.25. The minimum atomic E-state index is -0.229. The van der Waals surface area contributed by atoms with Crippen LogP contribution < -0.4 is 4.90 Å². The van der Waals surface area contributed by atoms with Crippen LogP contribution in [0.1, 0.15) is 0 Å². The lowest BCUT2D eigenvalue weighted by molar-refractivity contribution is 0.122. The molecule has 1 aliphatic rings. The Hall–Kier alpha value is -1.88. The van der Waals surface area contributed by atoms with E-state index in [1.165, 1.54) is 12.1 Å². The van der Waals surface area contributed by atoms with Crippen molar-refractivity contribution in [3.05, 3.63) is 36.1 Å². The maximum absolute atomic E-state index is 12.9. The molecule has 3 rings (SSSR count). The van der Waals surface area contributed by atoms with Crippen LogP contribution in [0.4, 0.5) is 10.2 Å². The Morgan fingerprint density at radius 2 is 1.84 bits per heavy atom. The third-order valence-electron chi connectivity index (χ3n) is 3.33. The van der Waals surface area contributed by atoms with E-state index in [-0.39, 0.29) is 5.82 Å². The molecule has 0 aliphatic carbocycles. The van der Waals surface area contributed by atoms with E-state index in [9.17, 15) is 4.39 Å². The Bertz CT molecular complexity index is 559. The lowest BCUT2D eigenvalue weighted by atomic mass is 10.1. The first kappa shape index (κ1) is 12.2. The molecule has 1 aromatic heterocycles. The van der Waals surface area contributed by atoms with Crippen LogP contribution in [0.5, 0.6) is 0 Å². The summed E-state index contributed by atoms with van der Waals surface area (Å²) in [7, 11) is 1.93. The maximum Gasteiger partial charge on any atom is 0.127 e. The van der Waals surface area contributed by atoms with Crippen molar-refractivity contribution in [2.24, 2.45) is 7.05 Å². The summed E-state index contributed by atoms with van der Waals surface area (Å²) in [5.74, 6) is 0.843. The predicted molar refractivity (Wildman–Crippen MR) is 71.6 cm³/mol. The number of aryl methyl sites for hydroxylation is 1. The second-order valence-electron chi connectivity index (χ2n) is 4.62. The number of hydrogen-bond acceptors (Lipinski definition) is 3. The van der Waals surface area contributed by atoms with Gasteiger partial charge < -0.3 is 9.64 Å². The number of hydrogen-bond donors (Lipinski definition) is 0. The number of rotatable bonds is 2. The van der Waals surface area contributed by atoms with Gasteiger partial charge >= 0.3 is 0 Å². The van der Waals surface area contributed by atoms with Crippen molar-refractivity contribution in [3.8, 4) is 11.3 Å². The van der Waals surface area contributed by atoms with Crippen molar-refractivity contribution in [1.29, 1.82) is 0 Å². The van der Waals surface area contributed by atoms with Gasteiger partial charge in [-0.25, -0.2) is 4.39 Å². The first-order valence-electron chi connectivity index (χ1n) is 6.37. The van der Waals surface area contributed by atoms with Crippen LogP contribution in [0.15, 0.2) is 30.3 Å². The normalized spacial score (nSPS) is 15.8. The molecule has 0 saturated carbocycles. The van der Waals surface area contributed by atoms with Crippen molar-refractivity contribution in [2.45, 2.75) is 0 Å². The Morgan fingerprint density at radius 1 is 1.16 bits per heavy atom. The topological polar surface area (TPSA) is 30.3 Å². The van der Waals surface area contributed by atoms with Crippen LogP contribution in [0.25, 0.3) is 11.3 Å². The Labute approximate surface area is 111 Å². The van der Waals surface area contributed by atoms with Gasteiger partial charge in [-0.1, -0.05) is 0 Å². The second kappa shape index (κ2) is 5.01. The van der Waals surface area contributed by atoms with Crippen LogP contribution in [-0.4, -0.2) is 36.1 Å². The fraction of sp³-hybridized carbons (Fsp3) is 0.357. The minimum Gasteiger partial charge on any atom is -0.378 e. The molecule has 1 saturated heterocycles. The first-order chi connectivity index (χ1) is 9.24. The first-order valence-corrected chi connectivity index (χ1v) is 6.37.